The Morgan fingerprint density at radius 3 is 2.94 bits per heavy atom. The van der Waals surface area contributed by atoms with E-state index in [2.05, 4.69) is 17.2 Å². The lowest BCUT2D eigenvalue weighted by atomic mass is 10.3. The topological polar surface area (TPSA) is 34.0 Å². The van der Waals surface area contributed by atoms with Gasteiger partial charge in [-0.2, -0.15) is 0 Å². The molecule has 4 heteroatoms. The Kier molecular flexibility index (Phi) is 3.63. The van der Waals surface area contributed by atoms with Crippen molar-refractivity contribution < 1.29 is 4.79 Å². The Morgan fingerprint density at radius 2 is 2.24 bits per heavy atom. The van der Waals surface area contributed by atoms with Crippen molar-refractivity contribution in [2.45, 2.75) is 13.5 Å². The van der Waals surface area contributed by atoms with Gasteiger partial charge in [-0.3, -0.25) is 4.79 Å². The molecular weight excluding hydrogens is 232 g/mol. The zero-order chi connectivity index (χ0) is 12.1. The van der Waals surface area contributed by atoms with Crippen LogP contribution in [0.5, 0.6) is 0 Å². The molecule has 0 saturated heterocycles. The molecule has 0 bridgehead atoms. The zero-order valence-electron chi connectivity index (χ0n) is 9.43. The highest BCUT2D eigenvalue weighted by Crippen LogP contribution is 2.21. The lowest BCUT2D eigenvalue weighted by Crippen LogP contribution is -2.21. The van der Waals surface area contributed by atoms with Crippen molar-refractivity contribution in [1.82, 2.24) is 9.88 Å². The number of carbonyl (C=O) groups excluding carboxylic acids is 1. The quantitative estimate of drug-likeness (QED) is 0.825. The van der Waals surface area contributed by atoms with Crippen molar-refractivity contribution in [3.8, 4) is 16.8 Å². The maximum Gasteiger partial charge on any atom is 0.296 e. The van der Waals surface area contributed by atoms with E-state index in [1.807, 2.05) is 40.5 Å². The maximum absolute atomic E-state index is 11.2. The highest BCUT2D eigenvalue weighted by Gasteiger charge is 2.06. The first-order valence-corrected chi connectivity index (χ1v) is 6.09. The Labute approximate surface area is 104 Å². The van der Waals surface area contributed by atoms with Gasteiger partial charge in [-0.25, -0.2) is 0 Å². The summed E-state index contributed by atoms with van der Waals surface area (Å²) < 4.78 is 2.04. The molecule has 2 rings (SSSR count). The third kappa shape index (κ3) is 2.77. The van der Waals surface area contributed by atoms with Crippen LogP contribution in [0.25, 0.3) is 5.00 Å². The molecule has 0 aliphatic heterocycles. The van der Waals surface area contributed by atoms with E-state index in [1.54, 1.807) is 18.3 Å². The van der Waals surface area contributed by atoms with Gasteiger partial charge in [-0.05, 0) is 36.4 Å². The van der Waals surface area contributed by atoms with Gasteiger partial charge in [0.05, 0.1) is 0 Å². The van der Waals surface area contributed by atoms with Crippen molar-refractivity contribution >= 4 is 17.2 Å². The molecule has 2 aromatic rings. The average molecular weight is 244 g/mol. The number of aromatic nitrogens is 1. The van der Waals surface area contributed by atoms with Crippen LogP contribution in [0.15, 0.2) is 36.0 Å². The van der Waals surface area contributed by atoms with Crippen LogP contribution in [-0.2, 0) is 11.3 Å². The van der Waals surface area contributed by atoms with E-state index in [9.17, 15) is 4.79 Å². The molecule has 0 unspecified atom stereocenters. The van der Waals surface area contributed by atoms with Crippen LogP contribution in [0.2, 0.25) is 0 Å². The number of rotatable bonds is 3. The summed E-state index contributed by atoms with van der Waals surface area (Å²) in [6.45, 7) is 2.15. The van der Waals surface area contributed by atoms with E-state index < -0.39 is 0 Å². The van der Waals surface area contributed by atoms with Crippen molar-refractivity contribution in [1.29, 1.82) is 0 Å². The predicted molar refractivity (Wildman–Crippen MR) is 68.9 cm³/mol. The second-order valence-electron chi connectivity index (χ2n) is 3.40. The van der Waals surface area contributed by atoms with Crippen LogP contribution >= 0.6 is 11.3 Å². The zero-order valence-corrected chi connectivity index (χ0v) is 10.3. The molecule has 0 spiro atoms. The highest BCUT2D eigenvalue weighted by atomic mass is 32.1. The van der Waals surface area contributed by atoms with Crippen LogP contribution in [0, 0.1) is 11.8 Å². The summed E-state index contributed by atoms with van der Waals surface area (Å²) in [7, 11) is 0. The summed E-state index contributed by atoms with van der Waals surface area (Å²) in [5, 5.41) is 5.91. The first-order chi connectivity index (χ1) is 8.31. The fourth-order valence-electron chi connectivity index (χ4n) is 1.49. The Balaban J connectivity index is 2.09. The van der Waals surface area contributed by atoms with Crippen molar-refractivity contribution in [2.24, 2.45) is 0 Å². The largest absolute Gasteiger partial charge is 0.341 e. The van der Waals surface area contributed by atoms with Gasteiger partial charge >= 0.3 is 0 Å². The predicted octanol–water partition coefficient (Wildman–Crippen LogP) is 2.18. The van der Waals surface area contributed by atoms with E-state index in [4.69, 9.17) is 0 Å². The van der Waals surface area contributed by atoms with Crippen molar-refractivity contribution in [3.05, 3.63) is 41.5 Å². The number of hydrogen-bond acceptors (Lipinski definition) is 2. The van der Waals surface area contributed by atoms with E-state index in [1.165, 1.54) is 0 Å². The minimum atomic E-state index is -0.239. The van der Waals surface area contributed by atoms with Gasteiger partial charge < -0.3 is 9.88 Å². The van der Waals surface area contributed by atoms with Crippen LogP contribution in [0.4, 0.5) is 0 Å². The minimum absolute atomic E-state index is 0.239. The summed E-state index contributed by atoms with van der Waals surface area (Å²) in [6.07, 6.45) is 3.98. The summed E-state index contributed by atoms with van der Waals surface area (Å²) in [5.74, 6) is 4.80. The van der Waals surface area contributed by atoms with Crippen LogP contribution < -0.4 is 5.32 Å². The second-order valence-corrected chi connectivity index (χ2v) is 4.29. The summed E-state index contributed by atoms with van der Waals surface area (Å²) >= 11 is 1.65. The van der Waals surface area contributed by atoms with Crippen LogP contribution in [0.3, 0.4) is 0 Å². The fourth-order valence-corrected chi connectivity index (χ4v) is 2.39. The maximum atomic E-state index is 11.2. The fraction of sp³-hybridized carbons (Fsp3) is 0.154. The minimum Gasteiger partial charge on any atom is -0.341 e. The lowest BCUT2D eigenvalue weighted by molar-refractivity contribution is -0.115. The molecule has 0 fully saturated rings. The molecule has 2 heterocycles. The van der Waals surface area contributed by atoms with Gasteiger partial charge in [-0.1, -0.05) is 5.92 Å². The third-order valence-electron chi connectivity index (χ3n) is 2.24. The van der Waals surface area contributed by atoms with Gasteiger partial charge in [-0.15, -0.1) is 11.3 Å². The van der Waals surface area contributed by atoms with E-state index >= 15 is 0 Å². The van der Waals surface area contributed by atoms with E-state index in [0.29, 0.717) is 6.54 Å². The molecular formula is C13H12N2OS. The Bertz CT molecular complexity index is 558. The lowest BCUT2D eigenvalue weighted by Gasteiger charge is -2.04. The molecule has 0 radical (unpaired) electrons. The molecule has 0 aliphatic rings. The van der Waals surface area contributed by atoms with E-state index in [-0.39, 0.29) is 5.91 Å². The third-order valence-corrected chi connectivity index (χ3v) is 3.21. The van der Waals surface area contributed by atoms with Gasteiger partial charge in [0.25, 0.3) is 5.91 Å². The molecule has 1 amide bonds. The molecule has 0 aliphatic carbocycles. The summed E-state index contributed by atoms with van der Waals surface area (Å²) in [4.78, 5) is 11.2. The molecule has 0 saturated carbocycles. The van der Waals surface area contributed by atoms with E-state index in [0.717, 1.165) is 10.6 Å². The SMILES string of the molecule is CC#CC(=O)NCc1ccsc1-n1cccc1. The smallest absolute Gasteiger partial charge is 0.296 e. The highest BCUT2D eigenvalue weighted by molar-refractivity contribution is 7.12. The van der Waals surface area contributed by atoms with Gasteiger partial charge in [0.15, 0.2) is 0 Å². The van der Waals surface area contributed by atoms with Gasteiger partial charge in [0.1, 0.15) is 5.00 Å². The second kappa shape index (κ2) is 5.37. The molecule has 1 N–H and O–H groups in total. The first-order valence-electron chi connectivity index (χ1n) is 5.21. The summed E-state index contributed by atoms with van der Waals surface area (Å²) in [6, 6.07) is 5.97. The number of hydrogen-bond donors (Lipinski definition) is 1. The number of nitrogens with zero attached hydrogens (tertiary/aromatic N) is 1. The number of amides is 1. The Hall–Kier alpha value is -1.99. The van der Waals surface area contributed by atoms with Crippen molar-refractivity contribution in [2.75, 3.05) is 0 Å². The molecule has 86 valence electrons. The number of nitrogens with one attached hydrogen (secondary N) is 1. The number of thiophene rings is 1. The standard InChI is InChI=1S/C13H12N2OS/c1-2-5-12(16)14-10-11-6-9-17-13(11)15-7-3-4-8-15/h3-4,6-9H,10H2,1H3,(H,14,16). The van der Waals surface area contributed by atoms with Crippen molar-refractivity contribution in [3.63, 3.8) is 0 Å². The normalized spacial score (nSPS) is 9.47. The average Bonchev–Trinajstić information content (AvgIpc) is 2.97. The molecule has 0 atom stereocenters. The molecule has 0 aromatic carbocycles. The van der Waals surface area contributed by atoms with Gasteiger partial charge in [0.2, 0.25) is 0 Å². The van der Waals surface area contributed by atoms with Crippen LogP contribution in [-0.4, -0.2) is 10.5 Å². The Morgan fingerprint density at radius 1 is 1.47 bits per heavy atom. The monoisotopic (exact) mass is 244 g/mol. The van der Waals surface area contributed by atoms with Gasteiger partial charge in [0, 0.05) is 24.5 Å². The molecule has 2 aromatic heterocycles. The molecule has 3 nitrogen and oxygen atoms in total. The summed E-state index contributed by atoms with van der Waals surface area (Å²) in [5.41, 5.74) is 1.09. The number of carbonyl (C=O) groups is 1. The van der Waals surface area contributed by atoms with Crippen LogP contribution in [0.1, 0.15) is 12.5 Å². The molecule has 17 heavy (non-hydrogen) atoms. The first kappa shape index (κ1) is 11.5.